The van der Waals surface area contributed by atoms with Gasteiger partial charge in [0, 0.05) is 0 Å². The van der Waals surface area contributed by atoms with Crippen LogP contribution in [-0.4, -0.2) is 8.42 Å². The molecule has 0 amide bonds. The third-order valence-corrected chi connectivity index (χ3v) is 4.18. The van der Waals surface area contributed by atoms with E-state index in [9.17, 15) is 8.42 Å². The lowest BCUT2D eigenvalue weighted by molar-refractivity contribution is 0.556. The molecule has 0 aliphatic carbocycles. The molecule has 0 saturated carbocycles. The van der Waals surface area contributed by atoms with Gasteiger partial charge in [-0.2, -0.15) is 0 Å². The van der Waals surface area contributed by atoms with Crippen molar-refractivity contribution < 1.29 is 12.8 Å². The topological polar surface area (TPSA) is 51.6 Å². The molecule has 96 valence electrons. The lowest BCUT2D eigenvalue weighted by Crippen LogP contribution is -2.02. The van der Waals surface area contributed by atoms with E-state index < -0.39 is 9.84 Å². The van der Waals surface area contributed by atoms with Gasteiger partial charge in [0.25, 0.3) is 5.03 Å². The Labute approximate surface area is 111 Å². The van der Waals surface area contributed by atoms with Crippen molar-refractivity contribution in [1.29, 1.82) is 0 Å². The first-order valence-electron chi connectivity index (χ1n) is 5.48. The lowest BCUT2D eigenvalue weighted by atomic mass is 10.2. The molecule has 0 bridgehead atoms. The van der Waals surface area contributed by atoms with Gasteiger partial charge in [-0.15, -0.1) is 0 Å². The Morgan fingerprint density at radius 2 is 1.95 bits per heavy atom. The van der Waals surface area contributed by atoms with E-state index in [4.69, 9.17) is 11.0 Å². The second kappa shape index (κ2) is 5.12. The van der Waals surface area contributed by atoms with Crippen LogP contribution in [0.4, 0.5) is 0 Å². The first kappa shape index (κ1) is 13.1. The first-order valence-corrected chi connectivity index (χ1v) is 6.97. The number of rotatable bonds is 3. The molecular formula is C14H11NO3S. The molecule has 0 aliphatic heterocycles. The fourth-order valence-corrected chi connectivity index (χ4v) is 2.63. The molecule has 0 aliphatic rings. The summed E-state index contributed by atoms with van der Waals surface area (Å²) in [7, 11) is -3.80. The summed E-state index contributed by atoms with van der Waals surface area (Å²) < 4.78 is 29.6. The van der Waals surface area contributed by atoms with Crippen LogP contribution < -0.4 is 0 Å². The number of hydrogen-bond donors (Lipinski definition) is 0. The van der Waals surface area contributed by atoms with Gasteiger partial charge in [-0.05, 0) is 37.3 Å². The number of hydrogen-bond acceptors (Lipinski definition) is 3. The van der Waals surface area contributed by atoms with Crippen molar-refractivity contribution in [2.75, 3.05) is 0 Å². The molecule has 0 spiro atoms. The van der Waals surface area contributed by atoms with Crippen LogP contribution in [0.2, 0.25) is 0 Å². The Kier molecular flexibility index (Phi) is 3.54. The maximum Gasteiger partial charge on any atom is 0.286 e. The number of aryl methyl sites for hydroxylation is 1. The second-order valence-electron chi connectivity index (χ2n) is 3.93. The number of nitrogens with zero attached hydrogens (tertiary/aromatic N) is 1. The van der Waals surface area contributed by atoms with Crippen LogP contribution in [0.25, 0.3) is 10.9 Å². The van der Waals surface area contributed by atoms with Gasteiger partial charge in [-0.25, -0.2) is 13.3 Å². The molecule has 0 saturated heterocycles. The minimum atomic E-state index is -3.80. The number of sulfone groups is 1. The van der Waals surface area contributed by atoms with Crippen molar-refractivity contribution in [1.82, 2.24) is 0 Å². The van der Waals surface area contributed by atoms with Gasteiger partial charge < -0.3 is 4.42 Å². The molecule has 0 radical (unpaired) electrons. The Bertz CT molecular complexity index is 733. The highest BCUT2D eigenvalue weighted by molar-refractivity contribution is 7.95. The average molecular weight is 273 g/mol. The molecule has 2 rings (SSSR count). The predicted molar refractivity (Wildman–Crippen MR) is 71.7 cm³/mol. The normalized spacial score (nSPS) is 12.1. The summed E-state index contributed by atoms with van der Waals surface area (Å²) in [5.74, 6) is 0.335. The highest BCUT2D eigenvalue weighted by Crippen LogP contribution is 2.23. The molecule has 19 heavy (non-hydrogen) atoms. The third-order valence-electron chi connectivity index (χ3n) is 2.53. The van der Waals surface area contributed by atoms with Crippen LogP contribution >= 0.6 is 0 Å². The van der Waals surface area contributed by atoms with E-state index >= 15 is 0 Å². The molecule has 5 heteroatoms. The molecule has 1 aromatic heterocycles. The summed E-state index contributed by atoms with van der Waals surface area (Å²) in [4.78, 5) is 3.20. The fraction of sp³-hybridized carbons (Fsp3) is 0.0714. The van der Waals surface area contributed by atoms with Gasteiger partial charge >= 0.3 is 0 Å². The van der Waals surface area contributed by atoms with Crippen LogP contribution in [0, 0.1) is 13.5 Å². The molecule has 0 fully saturated rings. The maximum absolute atomic E-state index is 12.3. The number of benzene rings is 1. The molecule has 0 N–H and O–H groups in total. The van der Waals surface area contributed by atoms with E-state index in [0.29, 0.717) is 5.76 Å². The summed E-state index contributed by atoms with van der Waals surface area (Å²) in [6.07, 6.45) is 2.65. The standard InChI is InChI=1S/C14H11NO3S/c1-11-5-7-13(8-6-11)19(16,17)14(15-2)10-12-4-3-9-18-12/h3-10H,1H3/b14-10-. The zero-order valence-corrected chi connectivity index (χ0v) is 11.0. The summed E-state index contributed by atoms with van der Waals surface area (Å²) in [6, 6.07) is 9.60. The largest absolute Gasteiger partial charge is 0.466 e. The van der Waals surface area contributed by atoms with E-state index in [0.717, 1.165) is 5.56 Å². The average Bonchev–Trinajstić information content (AvgIpc) is 2.89. The van der Waals surface area contributed by atoms with E-state index in [2.05, 4.69) is 4.85 Å². The summed E-state index contributed by atoms with van der Waals surface area (Å²) in [5.41, 5.74) is 0.957. The Morgan fingerprint density at radius 1 is 1.26 bits per heavy atom. The molecular weight excluding hydrogens is 262 g/mol. The smallest absolute Gasteiger partial charge is 0.286 e. The quantitative estimate of drug-likeness (QED) is 0.806. The van der Waals surface area contributed by atoms with Crippen LogP contribution in [0.1, 0.15) is 11.3 Å². The van der Waals surface area contributed by atoms with Crippen LogP contribution in [0.5, 0.6) is 0 Å². The summed E-state index contributed by atoms with van der Waals surface area (Å²) >= 11 is 0. The van der Waals surface area contributed by atoms with Gasteiger partial charge in [-0.1, -0.05) is 17.7 Å². The molecule has 1 heterocycles. The zero-order valence-electron chi connectivity index (χ0n) is 10.2. The Hall–Kier alpha value is -2.32. The van der Waals surface area contributed by atoms with Crippen molar-refractivity contribution in [3.63, 3.8) is 0 Å². The van der Waals surface area contributed by atoms with Crippen LogP contribution in [-0.2, 0) is 9.84 Å². The van der Waals surface area contributed by atoms with E-state index in [1.165, 1.54) is 24.5 Å². The second-order valence-corrected chi connectivity index (χ2v) is 5.82. The molecule has 0 unspecified atom stereocenters. The molecule has 4 nitrogen and oxygen atoms in total. The molecule has 2 aromatic rings. The Morgan fingerprint density at radius 3 is 2.47 bits per heavy atom. The minimum Gasteiger partial charge on any atom is -0.466 e. The van der Waals surface area contributed by atoms with Gasteiger partial charge in [0.05, 0.1) is 17.7 Å². The highest BCUT2D eigenvalue weighted by atomic mass is 32.2. The van der Waals surface area contributed by atoms with Crippen LogP contribution in [0.15, 0.2) is 57.0 Å². The molecule has 0 atom stereocenters. The molecule has 1 aromatic carbocycles. The van der Waals surface area contributed by atoms with Gasteiger partial charge in [0.15, 0.2) is 0 Å². The van der Waals surface area contributed by atoms with Crippen molar-refractivity contribution in [3.05, 3.63) is 70.4 Å². The van der Waals surface area contributed by atoms with Gasteiger partial charge in [0.2, 0.25) is 9.84 Å². The van der Waals surface area contributed by atoms with Crippen molar-refractivity contribution in [2.45, 2.75) is 11.8 Å². The summed E-state index contributed by atoms with van der Waals surface area (Å²) in [5, 5.41) is -0.355. The minimum absolute atomic E-state index is 0.104. The van der Waals surface area contributed by atoms with Crippen molar-refractivity contribution in [3.8, 4) is 0 Å². The van der Waals surface area contributed by atoms with E-state index in [-0.39, 0.29) is 9.92 Å². The zero-order chi connectivity index (χ0) is 13.9. The van der Waals surface area contributed by atoms with E-state index in [1.807, 2.05) is 6.92 Å². The van der Waals surface area contributed by atoms with Gasteiger partial charge in [-0.3, -0.25) is 0 Å². The van der Waals surface area contributed by atoms with Crippen molar-refractivity contribution >= 4 is 15.9 Å². The fourth-order valence-electron chi connectivity index (χ4n) is 1.50. The predicted octanol–water partition coefficient (Wildman–Crippen LogP) is 3.28. The van der Waals surface area contributed by atoms with E-state index in [1.54, 1.807) is 24.3 Å². The SMILES string of the molecule is [C-]#[N+]/C(=C/c1ccco1)S(=O)(=O)c1ccc(C)cc1. The van der Waals surface area contributed by atoms with Crippen LogP contribution in [0.3, 0.4) is 0 Å². The first-order chi connectivity index (χ1) is 9.04. The number of furan rings is 1. The Balaban J connectivity index is 2.49. The third kappa shape index (κ3) is 2.75. The monoisotopic (exact) mass is 273 g/mol. The maximum atomic E-state index is 12.3. The van der Waals surface area contributed by atoms with Crippen molar-refractivity contribution in [2.24, 2.45) is 0 Å². The lowest BCUT2D eigenvalue weighted by Gasteiger charge is -2.02. The summed E-state index contributed by atoms with van der Waals surface area (Å²) in [6.45, 7) is 8.91. The van der Waals surface area contributed by atoms with Gasteiger partial charge in [0.1, 0.15) is 5.76 Å². The highest BCUT2D eigenvalue weighted by Gasteiger charge is 2.21.